The lowest BCUT2D eigenvalue weighted by molar-refractivity contribution is -0.385. The summed E-state index contributed by atoms with van der Waals surface area (Å²) >= 11 is 0. The van der Waals surface area contributed by atoms with Gasteiger partial charge < -0.3 is 39.1 Å². The largest absolute Gasteiger partial charge is 0.464 e. The standard InChI is InChI=1S/C30H36N4O10/c1-2-42-30-21(9-13-40-15-16-41-14-12-35)23(24-19-43-25-6-4-3-5-22(25)28(24)36)17-26(44-30)29(37)32-11-10-31-27-8-7-20(18-33-27)34(38)39/h3-8,17-19,21,23,30,35H,2,9-16H2,1H3,(H,31,33)(H,32,37)/t21-,23+,30-/m1/s1. The number of fused-ring (bicyclic) bond motifs is 1. The van der Waals surface area contributed by atoms with Gasteiger partial charge in [0.15, 0.2) is 11.2 Å². The molecule has 4 rings (SSSR count). The summed E-state index contributed by atoms with van der Waals surface area (Å²) in [5.74, 6) is -1.05. The molecule has 2 aromatic heterocycles. The lowest BCUT2D eigenvalue weighted by Gasteiger charge is -2.36. The van der Waals surface area contributed by atoms with Gasteiger partial charge in [0.05, 0.1) is 43.0 Å². The molecule has 0 radical (unpaired) electrons. The number of anilines is 1. The number of ether oxygens (including phenoxy) is 4. The van der Waals surface area contributed by atoms with Crippen LogP contribution in [0.1, 0.15) is 24.8 Å². The second-order valence-electron chi connectivity index (χ2n) is 9.76. The first-order valence-electron chi connectivity index (χ1n) is 14.3. The summed E-state index contributed by atoms with van der Waals surface area (Å²) < 4.78 is 28.7. The molecule has 1 aliphatic heterocycles. The van der Waals surface area contributed by atoms with Crippen molar-refractivity contribution in [1.82, 2.24) is 10.3 Å². The van der Waals surface area contributed by atoms with Crippen LogP contribution in [0.3, 0.4) is 0 Å². The molecule has 0 bridgehead atoms. The zero-order valence-electron chi connectivity index (χ0n) is 24.3. The quantitative estimate of drug-likeness (QED) is 0.115. The molecule has 0 saturated carbocycles. The highest BCUT2D eigenvalue weighted by Crippen LogP contribution is 2.38. The van der Waals surface area contributed by atoms with Gasteiger partial charge in [-0.3, -0.25) is 19.7 Å². The summed E-state index contributed by atoms with van der Waals surface area (Å²) in [6, 6.07) is 9.76. The average Bonchev–Trinajstić information content (AvgIpc) is 3.03. The molecule has 0 unspecified atom stereocenters. The molecule has 14 nitrogen and oxygen atoms in total. The van der Waals surface area contributed by atoms with Crippen molar-refractivity contribution < 1.29 is 38.2 Å². The van der Waals surface area contributed by atoms with E-state index in [1.807, 2.05) is 6.92 Å². The number of hydrogen-bond acceptors (Lipinski definition) is 12. The second-order valence-corrected chi connectivity index (χ2v) is 9.76. The summed E-state index contributed by atoms with van der Waals surface area (Å²) in [4.78, 5) is 41.1. The lowest BCUT2D eigenvalue weighted by Crippen LogP contribution is -2.41. The van der Waals surface area contributed by atoms with E-state index >= 15 is 0 Å². The van der Waals surface area contributed by atoms with Gasteiger partial charge in [0.2, 0.25) is 6.29 Å². The minimum atomic E-state index is -0.849. The highest BCUT2D eigenvalue weighted by molar-refractivity contribution is 5.91. The Morgan fingerprint density at radius 2 is 1.91 bits per heavy atom. The third-order valence-corrected chi connectivity index (χ3v) is 6.88. The molecule has 0 aliphatic carbocycles. The number of rotatable bonds is 17. The van der Waals surface area contributed by atoms with E-state index in [1.165, 1.54) is 18.4 Å². The number of aromatic nitrogens is 1. The van der Waals surface area contributed by atoms with E-state index in [-0.39, 0.29) is 42.6 Å². The van der Waals surface area contributed by atoms with Gasteiger partial charge in [0.1, 0.15) is 17.6 Å². The van der Waals surface area contributed by atoms with Crippen LogP contribution in [-0.4, -0.2) is 79.9 Å². The summed E-state index contributed by atoms with van der Waals surface area (Å²) in [6.07, 6.45) is 3.78. The van der Waals surface area contributed by atoms with E-state index in [4.69, 9.17) is 28.5 Å². The van der Waals surface area contributed by atoms with Crippen molar-refractivity contribution in [2.24, 2.45) is 5.92 Å². The Kier molecular flexibility index (Phi) is 12.2. The van der Waals surface area contributed by atoms with Crippen LogP contribution in [0.15, 0.2) is 69.9 Å². The van der Waals surface area contributed by atoms with E-state index in [1.54, 1.807) is 30.3 Å². The number of benzene rings is 1. The molecule has 0 spiro atoms. The first-order chi connectivity index (χ1) is 21.4. The zero-order chi connectivity index (χ0) is 31.3. The van der Waals surface area contributed by atoms with E-state index in [2.05, 4.69) is 15.6 Å². The molecule has 236 valence electrons. The number of nitrogens with zero attached hydrogens (tertiary/aromatic N) is 2. The minimum absolute atomic E-state index is 0.00374. The Morgan fingerprint density at radius 1 is 1.11 bits per heavy atom. The summed E-state index contributed by atoms with van der Waals surface area (Å²) in [6.45, 7) is 3.71. The number of allylic oxidation sites excluding steroid dienone is 1. The normalized spacial score (nSPS) is 18.0. The van der Waals surface area contributed by atoms with Crippen molar-refractivity contribution in [3.05, 3.63) is 86.6 Å². The van der Waals surface area contributed by atoms with Crippen LogP contribution in [0.5, 0.6) is 0 Å². The number of aliphatic hydroxyl groups is 1. The maximum Gasteiger partial charge on any atom is 0.287 e. The predicted octanol–water partition coefficient (Wildman–Crippen LogP) is 2.72. The highest BCUT2D eigenvalue weighted by Gasteiger charge is 2.39. The number of nitro groups is 1. The molecule has 3 N–H and O–H groups in total. The van der Waals surface area contributed by atoms with Gasteiger partial charge in [-0.25, -0.2) is 4.98 Å². The maximum absolute atomic E-state index is 13.6. The van der Waals surface area contributed by atoms with Crippen molar-refractivity contribution >= 4 is 28.4 Å². The van der Waals surface area contributed by atoms with Crippen LogP contribution in [0.25, 0.3) is 11.0 Å². The predicted molar refractivity (Wildman–Crippen MR) is 159 cm³/mol. The van der Waals surface area contributed by atoms with Crippen molar-refractivity contribution in [2.45, 2.75) is 25.6 Å². The Balaban J connectivity index is 1.50. The molecule has 1 aromatic carbocycles. The minimum Gasteiger partial charge on any atom is -0.464 e. The second kappa shape index (κ2) is 16.5. The number of carbonyl (C=O) groups excluding carboxylic acids is 1. The molecular weight excluding hydrogens is 576 g/mol. The lowest BCUT2D eigenvalue weighted by atomic mass is 9.81. The van der Waals surface area contributed by atoms with E-state index in [9.17, 15) is 19.7 Å². The number of pyridine rings is 1. The average molecular weight is 613 g/mol. The van der Waals surface area contributed by atoms with Crippen LogP contribution in [0, 0.1) is 16.0 Å². The molecule has 3 heterocycles. The van der Waals surface area contributed by atoms with Gasteiger partial charge in [0, 0.05) is 49.8 Å². The molecule has 3 atom stereocenters. The number of nitrogens with one attached hydrogen (secondary N) is 2. The van der Waals surface area contributed by atoms with Crippen LogP contribution < -0.4 is 16.1 Å². The summed E-state index contributed by atoms with van der Waals surface area (Å²) in [5.41, 5.74) is 0.479. The van der Waals surface area contributed by atoms with Crippen LogP contribution in [0.4, 0.5) is 11.5 Å². The fraction of sp³-hybridized carbons (Fsp3) is 0.433. The van der Waals surface area contributed by atoms with Crippen LogP contribution in [0.2, 0.25) is 0 Å². The topological polar surface area (TPSA) is 185 Å². The smallest absolute Gasteiger partial charge is 0.287 e. The van der Waals surface area contributed by atoms with Crippen molar-refractivity contribution in [2.75, 3.05) is 58.0 Å². The summed E-state index contributed by atoms with van der Waals surface area (Å²) in [5, 5.41) is 25.9. The first-order valence-corrected chi connectivity index (χ1v) is 14.3. The molecule has 0 fully saturated rings. The Morgan fingerprint density at radius 3 is 2.64 bits per heavy atom. The van der Waals surface area contributed by atoms with Crippen molar-refractivity contribution in [1.29, 1.82) is 0 Å². The van der Waals surface area contributed by atoms with Crippen molar-refractivity contribution in [3.8, 4) is 0 Å². The van der Waals surface area contributed by atoms with E-state index < -0.39 is 23.0 Å². The van der Waals surface area contributed by atoms with Gasteiger partial charge in [-0.05, 0) is 37.6 Å². The number of para-hydroxylation sites is 1. The molecule has 3 aromatic rings. The molecule has 0 saturated heterocycles. The third kappa shape index (κ3) is 8.60. The van der Waals surface area contributed by atoms with Gasteiger partial charge in [0.25, 0.3) is 11.6 Å². The Bertz CT molecular complexity index is 1480. The van der Waals surface area contributed by atoms with Crippen LogP contribution in [-0.2, 0) is 23.7 Å². The first kappa shape index (κ1) is 32.5. The zero-order valence-corrected chi connectivity index (χ0v) is 24.3. The fourth-order valence-corrected chi connectivity index (χ4v) is 4.78. The van der Waals surface area contributed by atoms with Gasteiger partial charge >= 0.3 is 0 Å². The number of hydrogen-bond donors (Lipinski definition) is 3. The summed E-state index contributed by atoms with van der Waals surface area (Å²) in [7, 11) is 0. The van der Waals surface area contributed by atoms with E-state index in [0.29, 0.717) is 61.7 Å². The Hall–Kier alpha value is -4.37. The third-order valence-electron chi connectivity index (χ3n) is 6.88. The molecule has 1 aliphatic rings. The van der Waals surface area contributed by atoms with E-state index in [0.717, 1.165) is 6.20 Å². The van der Waals surface area contributed by atoms with Crippen LogP contribution >= 0.6 is 0 Å². The highest BCUT2D eigenvalue weighted by atomic mass is 16.7. The number of amides is 1. The number of carbonyl (C=O) groups is 1. The van der Waals surface area contributed by atoms with Gasteiger partial charge in [-0.1, -0.05) is 12.1 Å². The monoisotopic (exact) mass is 612 g/mol. The van der Waals surface area contributed by atoms with Gasteiger partial charge in [-0.15, -0.1) is 0 Å². The molecular formula is C30H36N4O10. The maximum atomic E-state index is 13.6. The number of aliphatic hydroxyl groups excluding tert-OH is 1. The SMILES string of the molecule is CCO[C@@H]1OC(C(=O)NCCNc2ccc([N+](=O)[O-])cn2)=C[C@H](c2coc3ccccc3c2=O)[C@H]1CCOCCOCCO. The van der Waals surface area contributed by atoms with Gasteiger partial charge in [-0.2, -0.15) is 0 Å². The molecule has 44 heavy (non-hydrogen) atoms. The fourth-order valence-electron chi connectivity index (χ4n) is 4.78. The Labute approximate surface area is 253 Å². The molecule has 14 heteroatoms. The van der Waals surface area contributed by atoms with Crippen molar-refractivity contribution in [3.63, 3.8) is 0 Å². The molecule has 1 amide bonds.